The van der Waals surface area contributed by atoms with Gasteiger partial charge in [-0.15, -0.1) is 0 Å². The summed E-state index contributed by atoms with van der Waals surface area (Å²) in [7, 11) is 1.97. The molecule has 96 valence electrons. The largest absolute Gasteiger partial charge is 0.490 e. The van der Waals surface area contributed by atoms with Crippen molar-refractivity contribution in [3.05, 3.63) is 24.3 Å². The number of nitrogens with one attached hydrogen (secondary N) is 1. The normalized spacial score (nSPS) is 12.2. The van der Waals surface area contributed by atoms with Crippen LogP contribution in [0.1, 0.15) is 26.7 Å². The van der Waals surface area contributed by atoms with Crippen LogP contribution in [0.4, 0.5) is 0 Å². The molecule has 3 nitrogen and oxygen atoms in total. The zero-order valence-electron chi connectivity index (χ0n) is 11.0. The Morgan fingerprint density at radius 3 is 2.59 bits per heavy atom. The van der Waals surface area contributed by atoms with E-state index in [0.717, 1.165) is 30.9 Å². The van der Waals surface area contributed by atoms with Gasteiger partial charge in [0.15, 0.2) is 11.5 Å². The van der Waals surface area contributed by atoms with Gasteiger partial charge in [0.2, 0.25) is 0 Å². The second kappa shape index (κ2) is 7.96. The minimum Gasteiger partial charge on any atom is -0.490 e. The van der Waals surface area contributed by atoms with Crippen LogP contribution in [0.2, 0.25) is 0 Å². The number of benzene rings is 1. The lowest BCUT2D eigenvalue weighted by molar-refractivity contribution is 0.195. The zero-order chi connectivity index (χ0) is 12.5. The summed E-state index contributed by atoms with van der Waals surface area (Å²) >= 11 is 0. The molecule has 1 rings (SSSR count). The second-order valence-corrected chi connectivity index (χ2v) is 4.05. The van der Waals surface area contributed by atoms with Crippen LogP contribution in [0, 0.1) is 0 Å². The molecular formula is C14H23NO2. The van der Waals surface area contributed by atoms with E-state index in [2.05, 4.69) is 12.2 Å². The van der Waals surface area contributed by atoms with Crippen LogP contribution >= 0.6 is 0 Å². The van der Waals surface area contributed by atoms with Crippen molar-refractivity contribution in [3.63, 3.8) is 0 Å². The van der Waals surface area contributed by atoms with Crippen molar-refractivity contribution >= 4 is 0 Å². The molecule has 17 heavy (non-hydrogen) atoms. The Morgan fingerprint density at radius 1 is 1.24 bits per heavy atom. The minimum atomic E-state index is 0.213. The summed E-state index contributed by atoms with van der Waals surface area (Å²) in [4.78, 5) is 0. The maximum atomic E-state index is 5.89. The van der Waals surface area contributed by atoms with Crippen LogP contribution in [0.15, 0.2) is 24.3 Å². The van der Waals surface area contributed by atoms with Crippen LogP contribution in [-0.4, -0.2) is 26.3 Å². The highest BCUT2D eigenvalue weighted by Gasteiger charge is 2.08. The molecule has 1 N–H and O–H groups in total. The first kappa shape index (κ1) is 13.8. The van der Waals surface area contributed by atoms with E-state index in [4.69, 9.17) is 9.47 Å². The number of ether oxygens (including phenoxy) is 2. The molecule has 0 saturated heterocycles. The molecule has 0 aromatic heterocycles. The van der Waals surface area contributed by atoms with Crippen LogP contribution in [0.25, 0.3) is 0 Å². The highest BCUT2D eigenvalue weighted by Crippen LogP contribution is 2.27. The Kier molecular flexibility index (Phi) is 6.48. The van der Waals surface area contributed by atoms with Gasteiger partial charge in [-0.1, -0.05) is 12.1 Å². The molecule has 3 heteroatoms. The first-order valence-electron chi connectivity index (χ1n) is 6.31. The Hall–Kier alpha value is -1.22. The van der Waals surface area contributed by atoms with E-state index in [1.165, 1.54) is 0 Å². The fourth-order valence-electron chi connectivity index (χ4n) is 1.66. The molecule has 0 aliphatic rings. The molecule has 0 radical (unpaired) electrons. The molecule has 1 aromatic carbocycles. The molecule has 0 heterocycles. The summed E-state index contributed by atoms with van der Waals surface area (Å²) in [5.74, 6) is 1.67. The Labute approximate surface area is 104 Å². The number of hydrogen-bond acceptors (Lipinski definition) is 3. The minimum absolute atomic E-state index is 0.213. The Balaban J connectivity index is 2.48. The summed E-state index contributed by atoms with van der Waals surface area (Å²) in [6, 6.07) is 7.83. The molecule has 0 amide bonds. The van der Waals surface area contributed by atoms with Gasteiger partial charge < -0.3 is 14.8 Å². The third-order valence-corrected chi connectivity index (χ3v) is 2.51. The van der Waals surface area contributed by atoms with Crippen LogP contribution in [-0.2, 0) is 0 Å². The molecule has 1 aromatic rings. The van der Waals surface area contributed by atoms with E-state index in [1.54, 1.807) is 0 Å². The van der Waals surface area contributed by atoms with Crippen molar-refractivity contribution in [1.29, 1.82) is 0 Å². The average molecular weight is 237 g/mol. The van der Waals surface area contributed by atoms with Gasteiger partial charge in [-0.25, -0.2) is 0 Å². The van der Waals surface area contributed by atoms with E-state index in [0.29, 0.717) is 6.61 Å². The number of hydrogen-bond donors (Lipinski definition) is 1. The summed E-state index contributed by atoms with van der Waals surface area (Å²) in [6.07, 6.45) is 2.38. The van der Waals surface area contributed by atoms with Gasteiger partial charge in [0.1, 0.15) is 0 Å². The predicted octanol–water partition coefficient (Wildman–Crippen LogP) is 2.85. The maximum absolute atomic E-state index is 5.89. The van der Waals surface area contributed by atoms with Crippen molar-refractivity contribution in [3.8, 4) is 11.5 Å². The Bertz CT molecular complexity index is 315. The fraction of sp³-hybridized carbons (Fsp3) is 0.571. The van der Waals surface area contributed by atoms with Gasteiger partial charge in [0, 0.05) is 0 Å². The molecule has 0 fully saturated rings. The fourth-order valence-corrected chi connectivity index (χ4v) is 1.66. The highest BCUT2D eigenvalue weighted by atomic mass is 16.5. The molecule has 1 unspecified atom stereocenters. The van der Waals surface area contributed by atoms with E-state index in [9.17, 15) is 0 Å². The first-order chi connectivity index (χ1) is 8.27. The van der Waals surface area contributed by atoms with Crippen molar-refractivity contribution in [2.24, 2.45) is 0 Å². The van der Waals surface area contributed by atoms with Gasteiger partial charge in [-0.2, -0.15) is 0 Å². The molecule has 0 spiro atoms. The van der Waals surface area contributed by atoms with Crippen molar-refractivity contribution in [2.45, 2.75) is 32.8 Å². The third-order valence-electron chi connectivity index (χ3n) is 2.51. The summed E-state index contributed by atoms with van der Waals surface area (Å²) in [5, 5.41) is 3.14. The lowest BCUT2D eigenvalue weighted by Crippen LogP contribution is -2.16. The number of rotatable bonds is 8. The Morgan fingerprint density at radius 2 is 1.94 bits per heavy atom. The molecule has 0 saturated carbocycles. The van der Waals surface area contributed by atoms with E-state index in [1.807, 2.05) is 38.2 Å². The van der Waals surface area contributed by atoms with Crippen molar-refractivity contribution in [1.82, 2.24) is 5.32 Å². The molecule has 1 atom stereocenters. The topological polar surface area (TPSA) is 30.5 Å². The smallest absolute Gasteiger partial charge is 0.161 e. The van der Waals surface area contributed by atoms with E-state index >= 15 is 0 Å². The van der Waals surface area contributed by atoms with Crippen molar-refractivity contribution < 1.29 is 9.47 Å². The molecule has 0 aliphatic carbocycles. The van der Waals surface area contributed by atoms with Gasteiger partial charge in [0.25, 0.3) is 0 Å². The summed E-state index contributed by atoms with van der Waals surface area (Å²) in [5.41, 5.74) is 0. The van der Waals surface area contributed by atoms with Gasteiger partial charge in [0.05, 0.1) is 12.7 Å². The van der Waals surface area contributed by atoms with Crippen LogP contribution in [0.3, 0.4) is 0 Å². The SMILES string of the molecule is CCOc1ccccc1OC(C)CCCNC. The third kappa shape index (κ3) is 5.09. The lowest BCUT2D eigenvalue weighted by atomic mass is 10.2. The van der Waals surface area contributed by atoms with Crippen LogP contribution in [0.5, 0.6) is 11.5 Å². The van der Waals surface area contributed by atoms with Gasteiger partial charge in [-0.05, 0) is 52.4 Å². The molecule has 0 aliphatic heterocycles. The van der Waals surface area contributed by atoms with Gasteiger partial charge >= 0.3 is 0 Å². The molecular weight excluding hydrogens is 214 g/mol. The van der Waals surface area contributed by atoms with Crippen molar-refractivity contribution in [2.75, 3.05) is 20.2 Å². The van der Waals surface area contributed by atoms with Gasteiger partial charge in [-0.3, -0.25) is 0 Å². The maximum Gasteiger partial charge on any atom is 0.161 e. The van der Waals surface area contributed by atoms with E-state index in [-0.39, 0.29) is 6.10 Å². The zero-order valence-corrected chi connectivity index (χ0v) is 11.0. The first-order valence-corrected chi connectivity index (χ1v) is 6.31. The average Bonchev–Trinajstić information content (AvgIpc) is 2.32. The summed E-state index contributed by atoms with van der Waals surface area (Å²) < 4.78 is 11.4. The predicted molar refractivity (Wildman–Crippen MR) is 70.9 cm³/mol. The number of para-hydroxylation sites is 2. The lowest BCUT2D eigenvalue weighted by Gasteiger charge is -2.17. The standard InChI is InChI=1S/C14H23NO2/c1-4-16-13-9-5-6-10-14(13)17-12(2)8-7-11-15-3/h5-6,9-10,12,15H,4,7-8,11H2,1-3H3. The second-order valence-electron chi connectivity index (χ2n) is 4.05. The highest BCUT2D eigenvalue weighted by molar-refractivity contribution is 5.39. The quantitative estimate of drug-likeness (QED) is 0.705. The van der Waals surface area contributed by atoms with E-state index < -0.39 is 0 Å². The molecule has 0 bridgehead atoms. The summed E-state index contributed by atoms with van der Waals surface area (Å²) in [6.45, 7) is 5.76. The monoisotopic (exact) mass is 237 g/mol. The van der Waals surface area contributed by atoms with Crippen LogP contribution < -0.4 is 14.8 Å².